The summed E-state index contributed by atoms with van der Waals surface area (Å²) in [4.78, 5) is 38.5. The smallest absolute Gasteiger partial charge is 0.329 e. The first kappa shape index (κ1) is 22.7. The standard InChI is InChI=1S/C22H36N4O4/c1-3-4-5-6-19-17-26(30-18(2)27)21(23-19)7-8-22(28)25-11-9-20(10-12-25)24-13-15-29-16-14-24/h17,20H,3-16H2,1-2H3. The van der Waals surface area contributed by atoms with Gasteiger partial charge in [0.25, 0.3) is 0 Å². The van der Waals surface area contributed by atoms with Crippen LogP contribution in [0.3, 0.4) is 0 Å². The number of morpholine rings is 1. The third-order valence-electron chi connectivity index (χ3n) is 6.00. The van der Waals surface area contributed by atoms with Crippen molar-refractivity contribution in [2.75, 3.05) is 39.4 Å². The first-order chi connectivity index (χ1) is 14.6. The van der Waals surface area contributed by atoms with Gasteiger partial charge in [0.15, 0.2) is 0 Å². The molecule has 3 heterocycles. The molecule has 2 fully saturated rings. The second-order valence-corrected chi connectivity index (χ2v) is 8.27. The Bertz CT molecular complexity index is 691. The Labute approximate surface area is 179 Å². The predicted molar refractivity (Wildman–Crippen MR) is 113 cm³/mol. The number of unbranched alkanes of at least 4 members (excludes halogenated alkanes) is 2. The summed E-state index contributed by atoms with van der Waals surface area (Å²) < 4.78 is 6.89. The maximum absolute atomic E-state index is 12.8. The van der Waals surface area contributed by atoms with Crippen LogP contribution in [0.4, 0.5) is 0 Å². The molecule has 2 aliphatic heterocycles. The summed E-state index contributed by atoms with van der Waals surface area (Å²) in [5, 5.41) is 0. The first-order valence-electron chi connectivity index (χ1n) is 11.4. The number of imidazole rings is 1. The Morgan fingerprint density at radius 3 is 2.53 bits per heavy atom. The van der Waals surface area contributed by atoms with Crippen LogP contribution in [0.2, 0.25) is 0 Å². The van der Waals surface area contributed by atoms with Gasteiger partial charge in [-0.3, -0.25) is 9.69 Å². The zero-order valence-electron chi connectivity index (χ0n) is 18.5. The van der Waals surface area contributed by atoms with Gasteiger partial charge >= 0.3 is 5.97 Å². The fraction of sp³-hybridized carbons (Fsp3) is 0.773. The first-order valence-corrected chi connectivity index (χ1v) is 11.4. The summed E-state index contributed by atoms with van der Waals surface area (Å²) in [5.41, 5.74) is 0.915. The largest absolute Gasteiger partial charge is 0.379 e. The second kappa shape index (κ2) is 11.5. The average molecular weight is 421 g/mol. The molecular formula is C22H36N4O4. The summed E-state index contributed by atoms with van der Waals surface area (Å²) in [6.07, 6.45) is 8.90. The Hall–Kier alpha value is -1.93. The van der Waals surface area contributed by atoms with Crippen LogP contribution in [-0.4, -0.2) is 76.8 Å². The maximum Gasteiger partial charge on any atom is 0.329 e. The van der Waals surface area contributed by atoms with Crippen molar-refractivity contribution >= 4 is 11.9 Å². The Morgan fingerprint density at radius 1 is 1.13 bits per heavy atom. The SMILES string of the molecule is CCCCCc1cn(OC(C)=O)c(CCC(=O)N2CCC(N3CCOCC3)CC2)n1. The van der Waals surface area contributed by atoms with E-state index in [4.69, 9.17) is 9.57 Å². The Morgan fingerprint density at radius 2 is 1.87 bits per heavy atom. The number of ether oxygens (including phenoxy) is 1. The van der Waals surface area contributed by atoms with E-state index >= 15 is 0 Å². The normalized spacial score (nSPS) is 18.5. The van der Waals surface area contributed by atoms with Gasteiger partial charge in [-0.25, -0.2) is 9.78 Å². The molecule has 3 rings (SSSR count). The molecule has 1 aromatic rings. The fourth-order valence-corrected chi connectivity index (χ4v) is 4.31. The highest BCUT2D eigenvalue weighted by Crippen LogP contribution is 2.19. The summed E-state index contributed by atoms with van der Waals surface area (Å²) >= 11 is 0. The number of nitrogens with zero attached hydrogens (tertiary/aromatic N) is 4. The number of likely N-dealkylation sites (tertiary alicyclic amines) is 1. The van der Waals surface area contributed by atoms with Crippen LogP contribution in [0, 0.1) is 0 Å². The number of carbonyl (C=O) groups is 2. The number of amides is 1. The van der Waals surface area contributed by atoms with Gasteiger partial charge in [0, 0.05) is 52.0 Å². The van der Waals surface area contributed by atoms with E-state index in [1.165, 1.54) is 11.7 Å². The topological polar surface area (TPSA) is 76.9 Å². The monoisotopic (exact) mass is 420 g/mol. The molecule has 1 amide bonds. The van der Waals surface area contributed by atoms with Crippen molar-refractivity contribution in [2.24, 2.45) is 0 Å². The minimum atomic E-state index is -0.384. The van der Waals surface area contributed by atoms with Crippen LogP contribution in [0.15, 0.2) is 6.20 Å². The van der Waals surface area contributed by atoms with Gasteiger partial charge in [-0.15, -0.1) is 0 Å². The molecule has 1 aromatic heterocycles. The molecule has 8 nitrogen and oxygen atoms in total. The molecule has 30 heavy (non-hydrogen) atoms. The molecule has 2 aliphatic rings. The lowest BCUT2D eigenvalue weighted by Gasteiger charge is -2.40. The minimum absolute atomic E-state index is 0.153. The highest BCUT2D eigenvalue weighted by Gasteiger charge is 2.27. The predicted octanol–water partition coefficient (Wildman–Crippen LogP) is 1.85. The lowest BCUT2D eigenvalue weighted by atomic mass is 10.0. The molecular weight excluding hydrogens is 384 g/mol. The van der Waals surface area contributed by atoms with Crippen molar-refractivity contribution in [1.82, 2.24) is 19.5 Å². The zero-order valence-corrected chi connectivity index (χ0v) is 18.5. The van der Waals surface area contributed by atoms with Gasteiger partial charge in [0.1, 0.15) is 5.82 Å². The highest BCUT2D eigenvalue weighted by atomic mass is 16.7. The van der Waals surface area contributed by atoms with Gasteiger partial charge in [-0.1, -0.05) is 19.8 Å². The van der Waals surface area contributed by atoms with Crippen molar-refractivity contribution in [2.45, 2.75) is 71.3 Å². The third-order valence-corrected chi connectivity index (χ3v) is 6.00. The Balaban J connectivity index is 1.49. The van der Waals surface area contributed by atoms with Crippen molar-refractivity contribution < 1.29 is 19.2 Å². The van der Waals surface area contributed by atoms with E-state index in [9.17, 15) is 9.59 Å². The van der Waals surface area contributed by atoms with Crippen LogP contribution in [-0.2, 0) is 27.2 Å². The molecule has 0 aliphatic carbocycles. The molecule has 168 valence electrons. The van der Waals surface area contributed by atoms with Gasteiger partial charge in [-0.05, 0) is 25.7 Å². The molecule has 8 heteroatoms. The van der Waals surface area contributed by atoms with Crippen LogP contribution in [0.5, 0.6) is 0 Å². The van der Waals surface area contributed by atoms with Crippen molar-refractivity contribution in [3.63, 3.8) is 0 Å². The fourth-order valence-electron chi connectivity index (χ4n) is 4.31. The maximum atomic E-state index is 12.8. The van der Waals surface area contributed by atoms with E-state index in [-0.39, 0.29) is 11.9 Å². The highest BCUT2D eigenvalue weighted by molar-refractivity contribution is 5.76. The van der Waals surface area contributed by atoms with E-state index < -0.39 is 0 Å². The molecule has 0 aromatic carbocycles. The second-order valence-electron chi connectivity index (χ2n) is 8.27. The number of hydrogen-bond acceptors (Lipinski definition) is 6. The summed E-state index contributed by atoms with van der Waals surface area (Å²) in [7, 11) is 0. The Kier molecular flexibility index (Phi) is 8.69. The van der Waals surface area contributed by atoms with E-state index in [0.29, 0.717) is 24.7 Å². The number of aromatic nitrogens is 2. The van der Waals surface area contributed by atoms with E-state index in [2.05, 4.69) is 16.8 Å². The molecule has 0 saturated carbocycles. The molecule has 0 bridgehead atoms. The quantitative estimate of drug-likeness (QED) is 0.568. The van der Waals surface area contributed by atoms with Crippen molar-refractivity contribution in [1.29, 1.82) is 0 Å². The lowest BCUT2D eigenvalue weighted by molar-refractivity contribution is -0.141. The third kappa shape index (κ3) is 6.54. The van der Waals surface area contributed by atoms with Gasteiger partial charge in [0.05, 0.1) is 25.1 Å². The lowest BCUT2D eigenvalue weighted by Crippen LogP contribution is -2.50. The van der Waals surface area contributed by atoms with E-state index in [1.807, 2.05) is 4.90 Å². The number of hydrogen-bond donors (Lipinski definition) is 0. The van der Waals surface area contributed by atoms with Crippen LogP contribution >= 0.6 is 0 Å². The molecule has 0 N–H and O–H groups in total. The molecule has 2 saturated heterocycles. The van der Waals surface area contributed by atoms with Crippen LogP contribution in [0.1, 0.15) is 63.9 Å². The van der Waals surface area contributed by atoms with Crippen LogP contribution < -0.4 is 4.84 Å². The van der Waals surface area contributed by atoms with Gasteiger partial charge in [0.2, 0.25) is 5.91 Å². The number of rotatable bonds is 9. The van der Waals surface area contributed by atoms with Crippen molar-refractivity contribution in [3.05, 3.63) is 17.7 Å². The van der Waals surface area contributed by atoms with Crippen LogP contribution in [0.25, 0.3) is 0 Å². The number of carbonyl (C=O) groups excluding carboxylic acids is 2. The average Bonchev–Trinajstić information content (AvgIpc) is 3.13. The molecule has 0 radical (unpaired) electrons. The van der Waals surface area contributed by atoms with Gasteiger partial charge in [-0.2, -0.15) is 4.73 Å². The van der Waals surface area contributed by atoms with E-state index in [0.717, 1.165) is 83.6 Å². The van der Waals surface area contributed by atoms with Crippen molar-refractivity contribution in [3.8, 4) is 0 Å². The number of piperidine rings is 1. The van der Waals surface area contributed by atoms with E-state index in [1.54, 1.807) is 6.20 Å². The minimum Gasteiger partial charge on any atom is -0.379 e. The summed E-state index contributed by atoms with van der Waals surface area (Å²) in [5.74, 6) is 0.416. The molecule has 0 unspecified atom stereocenters. The zero-order chi connectivity index (χ0) is 21.3. The molecule has 0 atom stereocenters. The van der Waals surface area contributed by atoms with Gasteiger partial charge < -0.3 is 14.5 Å². The number of aryl methyl sites for hydroxylation is 2. The summed E-state index contributed by atoms with van der Waals surface area (Å²) in [6.45, 7) is 8.78. The molecule has 0 spiro atoms. The summed E-state index contributed by atoms with van der Waals surface area (Å²) in [6, 6.07) is 0.562.